The van der Waals surface area contributed by atoms with Crippen LogP contribution in [0.2, 0.25) is 0 Å². The minimum absolute atomic E-state index is 0. The molecule has 0 aliphatic carbocycles. The van der Waals surface area contributed by atoms with Gasteiger partial charge in [-0.1, -0.05) is 0 Å². The molecule has 0 aliphatic rings. The number of halogens is 2. The van der Waals surface area contributed by atoms with Crippen LogP contribution in [-0.4, -0.2) is 62.1 Å². The lowest BCUT2D eigenvalue weighted by Gasteiger charge is -2.28. The van der Waals surface area contributed by atoms with E-state index in [9.17, 15) is 0 Å². The summed E-state index contributed by atoms with van der Waals surface area (Å²) in [6, 6.07) is 3.87. The summed E-state index contributed by atoms with van der Waals surface area (Å²) in [5.41, 5.74) is 6.54. The van der Waals surface area contributed by atoms with Crippen molar-refractivity contribution in [1.82, 2.24) is 4.98 Å². The van der Waals surface area contributed by atoms with Gasteiger partial charge in [-0.05, 0) is 0 Å². The molecule has 0 radical (unpaired) electrons. The Hall–Kier alpha value is -0.830. The van der Waals surface area contributed by atoms with E-state index < -0.39 is 0 Å². The number of aliphatic hydroxyl groups is 1. The van der Waals surface area contributed by atoms with E-state index >= 15 is 0 Å². The highest BCUT2D eigenvalue weighted by Gasteiger charge is 2.14. The number of rotatable bonds is 9. The molecular formula is C16H27Cl2N3O3S. The number of hydrogen-bond donors (Lipinski definition) is 2. The molecule has 0 unspecified atom stereocenters. The molecular weight excluding hydrogens is 385 g/mol. The van der Waals surface area contributed by atoms with Crippen molar-refractivity contribution in [3.63, 3.8) is 0 Å². The number of ether oxygens (including phenoxy) is 2. The number of aromatic nitrogens is 1. The second kappa shape index (κ2) is 11.0. The largest absolute Gasteiger partial charge is 1.00 e. The van der Waals surface area contributed by atoms with Gasteiger partial charge in [0.2, 0.25) is 0 Å². The predicted octanol–water partition coefficient (Wildman–Crippen LogP) is -0.973. The first-order valence-electron chi connectivity index (χ1n) is 7.72. The first-order chi connectivity index (χ1) is 11.0. The Morgan fingerprint density at radius 1 is 1.24 bits per heavy atom. The number of nitrogens with two attached hydrogens (primary N) is 1. The molecule has 0 bridgehead atoms. The van der Waals surface area contributed by atoms with Crippen LogP contribution in [0.15, 0.2) is 12.1 Å². The van der Waals surface area contributed by atoms with E-state index in [1.807, 2.05) is 12.1 Å². The summed E-state index contributed by atoms with van der Waals surface area (Å²) in [5.74, 6) is 1.43. The topological polar surface area (TPSA) is 77.6 Å². The molecule has 6 nitrogen and oxygen atoms in total. The van der Waals surface area contributed by atoms with Gasteiger partial charge >= 0.3 is 0 Å². The minimum atomic E-state index is 0. The third-order valence-corrected chi connectivity index (χ3v) is 4.80. The summed E-state index contributed by atoms with van der Waals surface area (Å²) in [5, 5.41) is 9.95. The summed E-state index contributed by atoms with van der Waals surface area (Å²) in [4.78, 5) is 4.49. The van der Waals surface area contributed by atoms with Gasteiger partial charge in [-0.3, -0.25) is 0 Å². The number of methoxy groups -OCH3 is 1. The van der Waals surface area contributed by atoms with Crippen LogP contribution in [0.5, 0.6) is 11.5 Å². The van der Waals surface area contributed by atoms with E-state index in [2.05, 4.69) is 19.1 Å². The van der Waals surface area contributed by atoms with Gasteiger partial charge in [0.15, 0.2) is 11.5 Å². The van der Waals surface area contributed by atoms with Crippen molar-refractivity contribution >= 4 is 34.0 Å². The molecule has 0 fully saturated rings. The Morgan fingerprint density at radius 3 is 2.56 bits per heavy atom. The fraction of sp³-hybridized carbons (Fsp3) is 0.562. The van der Waals surface area contributed by atoms with Gasteiger partial charge in [-0.2, -0.15) is 0 Å². The number of nitrogens with zero attached hydrogens (tertiary/aromatic N) is 2. The molecule has 3 N–H and O–H groups in total. The molecule has 2 rings (SSSR count). The zero-order valence-corrected chi connectivity index (χ0v) is 17.2. The van der Waals surface area contributed by atoms with Crippen LogP contribution in [0, 0.1) is 0 Å². The first kappa shape index (κ1) is 24.2. The van der Waals surface area contributed by atoms with Crippen molar-refractivity contribution in [2.45, 2.75) is 13.0 Å². The molecule has 0 saturated heterocycles. The molecule has 0 atom stereocenters. The van der Waals surface area contributed by atoms with E-state index in [-0.39, 0.29) is 31.4 Å². The third-order valence-electron chi connectivity index (χ3n) is 3.76. The van der Waals surface area contributed by atoms with Gasteiger partial charge in [0.25, 0.3) is 0 Å². The number of benzene rings is 1. The van der Waals surface area contributed by atoms with Crippen LogP contribution >= 0.6 is 23.7 Å². The van der Waals surface area contributed by atoms with E-state index in [1.165, 1.54) is 0 Å². The number of quaternary nitrogens is 1. The van der Waals surface area contributed by atoms with E-state index in [1.54, 1.807) is 18.4 Å². The van der Waals surface area contributed by atoms with Crippen LogP contribution in [0.3, 0.4) is 0 Å². The average Bonchev–Trinajstić information content (AvgIpc) is 2.92. The summed E-state index contributed by atoms with van der Waals surface area (Å²) < 4.78 is 13.1. The summed E-state index contributed by atoms with van der Waals surface area (Å²) in [7, 11) is 5.85. The molecule has 0 spiro atoms. The SMILES string of the molecule is COc1cc2sc(CN)nc2cc1OCCC[N+](C)(C)CCO.Cl.[Cl-]. The highest BCUT2D eigenvalue weighted by atomic mass is 35.5. The van der Waals surface area contributed by atoms with Gasteiger partial charge in [-0.15, -0.1) is 23.7 Å². The zero-order chi connectivity index (χ0) is 16.9. The zero-order valence-electron chi connectivity index (χ0n) is 14.8. The molecule has 25 heavy (non-hydrogen) atoms. The lowest BCUT2D eigenvalue weighted by Crippen LogP contribution is -3.00. The summed E-state index contributed by atoms with van der Waals surface area (Å²) in [6.45, 7) is 2.93. The maximum atomic E-state index is 9.05. The van der Waals surface area contributed by atoms with Gasteiger partial charge in [0, 0.05) is 25.1 Å². The fourth-order valence-electron chi connectivity index (χ4n) is 2.40. The molecule has 2 aromatic rings. The number of hydrogen-bond acceptors (Lipinski definition) is 6. The van der Waals surface area contributed by atoms with Crippen LogP contribution in [0.25, 0.3) is 10.2 Å². The lowest BCUT2D eigenvalue weighted by molar-refractivity contribution is -0.890. The van der Waals surface area contributed by atoms with Crippen molar-refractivity contribution in [2.24, 2.45) is 5.73 Å². The molecule has 0 saturated carbocycles. The average molecular weight is 412 g/mol. The molecule has 0 amide bonds. The maximum absolute atomic E-state index is 9.05. The standard InChI is InChI=1S/C16H26N3O3S.2ClH/c1-19(2,6-7-20)5-4-8-22-14-9-12-15(10-13(14)21-3)23-16(11-17)18-12;;/h9-10,20H,4-8,11,17H2,1-3H3;2*1H/q+1;;/p-1. The van der Waals surface area contributed by atoms with E-state index in [0.717, 1.165) is 39.2 Å². The van der Waals surface area contributed by atoms with E-state index in [0.29, 0.717) is 24.7 Å². The quantitative estimate of drug-likeness (QED) is 0.409. The van der Waals surface area contributed by atoms with Crippen LogP contribution in [0.1, 0.15) is 11.4 Å². The Labute approximate surface area is 165 Å². The van der Waals surface area contributed by atoms with Crippen LogP contribution in [0.4, 0.5) is 0 Å². The van der Waals surface area contributed by atoms with Crippen molar-refractivity contribution in [3.8, 4) is 11.5 Å². The van der Waals surface area contributed by atoms with Gasteiger partial charge in [-0.25, -0.2) is 4.98 Å². The van der Waals surface area contributed by atoms with Gasteiger partial charge in [0.05, 0.1) is 51.2 Å². The Balaban J connectivity index is 0.00000288. The normalized spacial score (nSPS) is 10.9. The summed E-state index contributed by atoms with van der Waals surface area (Å²) >= 11 is 1.57. The smallest absolute Gasteiger partial charge is 0.163 e. The van der Waals surface area contributed by atoms with Crippen LogP contribution in [-0.2, 0) is 6.54 Å². The van der Waals surface area contributed by atoms with Crippen molar-refractivity contribution in [3.05, 3.63) is 17.1 Å². The second-order valence-corrected chi connectivity index (χ2v) is 7.21. The molecule has 0 aliphatic heterocycles. The number of likely N-dealkylation sites (N-methyl/N-ethyl adjacent to an activating group) is 1. The Bertz CT molecular complexity index is 653. The maximum Gasteiger partial charge on any atom is 0.163 e. The van der Waals surface area contributed by atoms with Crippen molar-refractivity contribution < 1.29 is 31.5 Å². The van der Waals surface area contributed by atoms with Crippen molar-refractivity contribution in [1.29, 1.82) is 0 Å². The molecule has 1 heterocycles. The molecule has 9 heteroatoms. The Kier molecular flexibility index (Phi) is 10.6. The van der Waals surface area contributed by atoms with Crippen LogP contribution < -0.4 is 27.6 Å². The number of thiazole rings is 1. The summed E-state index contributed by atoms with van der Waals surface area (Å²) in [6.07, 6.45) is 0.902. The van der Waals surface area contributed by atoms with Gasteiger partial charge in [0.1, 0.15) is 11.6 Å². The third kappa shape index (κ3) is 6.77. The fourth-order valence-corrected chi connectivity index (χ4v) is 3.26. The highest BCUT2D eigenvalue weighted by molar-refractivity contribution is 7.18. The highest BCUT2D eigenvalue weighted by Crippen LogP contribution is 2.34. The second-order valence-electron chi connectivity index (χ2n) is 6.09. The monoisotopic (exact) mass is 411 g/mol. The lowest BCUT2D eigenvalue weighted by atomic mass is 10.3. The molecule has 1 aromatic heterocycles. The number of fused-ring (bicyclic) bond motifs is 1. The number of aliphatic hydroxyl groups excluding tert-OH is 1. The Morgan fingerprint density at radius 2 is 1.96 bits per heavy atom. The van der Waals surface area contributed by atoms with Gasteiger partial charge < -0.3 is 37.2 Å². The first-order valence-corrected chi connectivity index (χ1v) is 8.54. The predicted molar refractivity (Wildman–Crippen MR) is 100 cm³/mol. The van der Waals surface area contributed by atoms with E-state index in [4.69, 9.17) is 20.3 Å². The van der Waals surface area contributed by atoms with Crippen molar-refractivity contribution in [2.75, 3.05) is 47.5 Å². The molecule has 1 aromatic carbocycles. The molecule has 144 valence electrons. The minimum Gasteiger partial charge on any atom is -1.00 e.